The summed E-state index contributed by atoms with van der Waals surface area (Å²) < 4.78 is 0. The SMILES string of the molecule is Bc1c(Cl)ncc2[nH]c3ncc(-c4ccc(CN5CCCCC5)cc4)cc3c12. The Bertz CT molecular complexity index is 1150. The van der Waals surface area contributed by atoms with E-state index < -0.39 is 0 Å². The number of hydrogen-bond acceptors (Lipinski definition) is 3. The van der Waals surface area contributed by atoms with Crippen molar-refractivity contribution in [3.8, 4) is 11.1 Å². The molecule has 1 saturated heterocycles. The molecule has 0 amide bonds. The molecule has 5 rings (SSSR count). The summed E-state index contributed by atoms with van der Waals surface area (Å²) in [5, 5.41) is 2.73. The molecule has 1 N–H and O–H groups in total. The zero-order valence-electron chi connectivity index (χ0n) is 16.0. The molecule has 28 heavy (non-hydrogen) atoms. The highest BCUT2D eigenvalue weighted by molar-refractivity contribution is 6.50. The second-order valence-electron chi connectivity index (χ2n) is 7.74. The molecule has 0 unspecified atom stereocenters. The van der Waals surface area contributed by atoms with Crippen molar-refractivity contribution in [2.45, 2.75) is 25.8 Å². The van der Waals surface area contributed by atoms with Crippen LogP contribution >= 0.6 is 11.6 Å². The van der Waals surface area contributed by atoms with Gasteiger partial charge in [0.1, 0.15) is 18.6 Å². The number of likely N-dealkylation sites (tertiary alicyclic amines) is 1. The number of aromatic nitrogens is 3. The minimum atomic E-state index is 0.542. The highest BCUT2D eigenvalue weighted by atomic mass is 35.5. The lowest BCUT2D eigenvalue weighted by Gasteiger charge is -2.26. The molecule has 1 fully saturated rings. The Balaban J connectivity index is 1.48. The predicted molar refractivity (Wildman–Crippen MR) is 119 cm³/mol. The van der Waals surface area contributed by atoms with E-state index in [2.05, 4.69) is 50.2 Å². The Labute approximate surface area is 170 Å². The maximum Gasteiger partial charge on any atom is 0.144 e. The number of piperidine rings is 1. The number of pyridine rings is 2. The van der Waals surface area contributed by atoms with Crippen LogP contribution in [0.15, 0.2) is 42.7 Å². The normalized spacial score (nSPS) is 15.5. The van der Waals surface area contributed by atoms with Crippen LogP contribution in [0.1, 0.15) is 24.8 Å². The van der Waals surface area contributed by atoms with Crippen LogP contribution in [-0.4, -0.2) is 40.8 Å². The van der Waals surface area contributed by atoms with E-state index >= 15 is 0 Å². The van der Waals surface area contributed by atoms with Crippen LogP contribution in [0.2, 0.25) is 5.15 Å². The van der Waals surface area contributed by atoms with Gasteiger partial charge in [0.25, 0.3) is 0 Å². The van der Waals surface area contributed by atoms with E-state index in [1.807, 2.05) is 14.0 Å². The van der Waals surface area contributed by atoms with E-state index in [0.29, 0.717) is 5.15 Å². The van der Waals surface area contributed by atoms with Crippen molar-refractivity contribution in [3.05, 3.63) is 53.4 Å². The molecule has 6 heteroatoms. The van der Waals surface area contributed by atoms with Crippen LogP contribution in [0.3, 0.4) is 0 Å². The van der Waals surface area contributed by atoms with Crippen molar-refractivity contribution in [2.24, 2.45) is 0 Å². The van der Waals surface area contributed by atoms with Gasteiger partial charge < -0.3 is 4.98 Å². The van der Waals surface area contributed by atoms with E-state index in [4.69, 9.17) is 11.6 Å². The Morgan fingerprint density at radius 2 is 1.79 bits per heavy atom. The van der Waals surface area contributed by atoms with Crippen LogP contribution in [0.5, 0.6) is 0 Å². The zero-order chi connectivity index (χ0) is 19.1. The van der Waals surface area contributed by atoms with Gasteiger partial charge in [-0.25, -0.2) is 9.97 Å². The van der Waals surface area contributed by atoms with Gasteiger partial charge in [0.05, 0.1) is 11.7 Å². The highest BCUT2D eigenvalue weighted by Gasteiger charge is 2.13. The zero-order valence-corrected chi connectivity index (χ0v) is 16.8. The van der Waals surface area contributed by atoms with E-state index in [-0.39, 0.29) is 0 Å². The molecule has 1 aromatic carbocycles. The third-order valence-corrected chi connectivity index (χ3v) is 6.19. The van der Waals surface area contributed by atoms with Gasteiger partial charge in [0.15, 0.2) is 0 Å². The van der Waals surface area contributed by atoms with Gasteiger partial charge in [-0.2, -0.15) is 0 Å². The Morgan fingerprint density at radius 3 is 2.57 bits per heavy atom. The largest absolute Gasteiger partial charge is 0.338 e. The molecule has 0 aliphatic carbocycles. The molecular weight excluding hydrogens is 367 g/mol. The number of hydrogen-bond donors (Lipinski definition) is 1. The van der Waals surface area contributed by atoms with Gasteiger partial charge in [-0.15, -0.1) is 0 Å². The molecule has 4 aromatic rings. The minimum absolute atomic E-state index is 0.542. The van der Waals surface area contributed by atoms with Gasteiger partial charge in [-0.1, -0.05) is 42.3 Å². The summed E-state index contributed by atoms with van der Waals surface area (Å²) >= 11 is 6.25. The first-order valence-corrected chi connectivity index (χ1v) is 10.3. The molecule has 0 radical (unpaired) electrons. The smallest absolute Gasteiger partial charge is 0.144 e. The summed E-state index contributed by atoms with van der Waals surface area (Å²) in [6, 6.07) is 11.1. The Hall–Kier alpha value is -2.37. The van der Waals surface area contributed by atoms with E-state index in [0.717, 1.165) is 39.5 Å². The fraction of sp³-hybridized carbons (Fsp3) is 0.273. The van der Waals surface area contributed by atoms with Crippen LogP contribution in [0.25, 0.3) is 33.1 Å². The summed E-state index contributed by atoms with van der Waals surface area (Å²) in [4.78, 5) is 14.8. The average molecular weight is 389 g/mol. The molecule has 4 nitrogen and oxygen atoms in total. The second kappa shape index (κ2) is 7.23. The maximum atomic E-state index is 6.25. The summed E-state index contributed by atoms with van der Waals surface area (Å²) in [6.07, 6.45) is 7.74. The lowest BCUT2D eigenvalue weighted by atomic mass is 9.93. The molecular formula is C22H22BClN4. The van der Waals surface area contributed by atoms with E-state index in [1.165, 1.54) is 43.5 Å². The lowest BCUT2D eigenvalue weighted by Crippen LogP contribution is -2.28. The number of fused-ring (bicyclic) bond motifs is 3. The molecule has 0 saturated carbocycles. The summed E-state index contributed by atoms with van der Waals surface area (Å²) in [7, 11) is 2.01. The lowest BCUT2D eigenvalue weighted by molar-refractivity contribution is 0.221. The predicted octanol–water partition coefficient (Wildman–Crippen LogP) is 3.68. The molecule has 0 spiro atoms. The first-order chi connectivity index (χ1) is 13.7. The van der Waals surface area contributed by atoms with Crippen molar-refractivity contribution in [1.82, 2.24) is 19.9 Å². The van der Waals surface area contributed by atoms with Crippen molar-refractivity contribution < 1.29 is 0 Å². The second-order valence-corrected chi connectivity index (χ2v) is 8.10. The number of benzene rings is 1. The standard InChI is InChI=1S/C22H22BClN4/c23-20-19-17-10-16(11-26-22(17)27-18(19)12-25-21(20)24)15-6-4-14(5-7-15)13-28-8-2-1-3-9-28/h4-7,10-12H,1-3,8-9,13,23H2,(H,26,27). The maximum absolute atomic E-state index is 6.25. The van der Waals surface area contributed by atoms with Crippen molar-refractivity contribution in [3.63, 3.8) is 0 Å². The molecule has 1 aliphatic rings. The van der Waals surface area contributed by atoms with Gasteiger partial charge in [0, 0.05) is 29.1 Å². The molecule has 4 heterocycles. The fourth-order valence-electron chi connectivity index (χ4n) is 4.25. The monoisotopic (exact) mass is 388 g/mol. The van der Waals surface area contributed by atoms with E-state index in [1.54, 1.807) is 6.20 Å². The Kier molecular flexibility index (Phi) is 4.57. The molecule has 0 atom stereocenters. The van der Waals surface area contributed by atoms with Crippen molar-refractivity contribution >= 4 is 46.8 Å². The first-order valence-electron chi connectivity index (χ1n) is 9.93. The molecule has 140 valence electrons. The average Bonchev–Trinajstić information content (AvgIpc) is 3.10. The van der Waals surface area contributed by atoms with Crippen molar-refractivity contribution in [1.29, 1.82) is 0 Å². The Morgan fingerprint density at radius 1 is 1.00 bits per heavy atom. The molecule has 0 bridgehead atoms. The first kappa shape index (κ1) is 17.7. The number of H-pyrrole nitrogens is 1. The highest BCUT2D eigenvalue weighted by Crippen LogP contribution is 2.28. The number of nitrogens with one attached hydrogen (secondary N) is 1. The molecule has 1 aliphatic heterocycles. The minimum Gasteiger partial charge on any atom is -0.338 e. The van der Waals surface area contributed by atoms with Gasteiger partial charge >= 0.3 is 0 Å². The number of nitrogens with zero attached hydrogens (tertiary/aromatic N) is 3. The van der Waals surface area contributed by atoms with Gasteiger partial charge in [-0.05, 0) is 48.6 Å². The van der Waals surface area contributed by atoms with Crippen LogP contribution in [-0.2, 0) is 6.54 Å². The third-order valence-electron chi connectivity index (χ3n) is 5.81. The number of aromatic amines is 1. The topological polar surface area (TPSA) is 44.8 Å². The number of rotatable bonds is 3. The summed E-state index contributed by atoms with van der Waals surface area (Å²) in [6.45, 7) is 3.49. The van der Waals surface area contributed by atoms with Gasteiger partial charge in [0.2, 0.25) is 0 Å². The number of halogens is 1. The summed E-state index contributed by atoms with van der Waals surface area (Å²) in [5.74, 6) is 0. The van der Waals surface area contributed by atoms with Crippen LogP contribution in [0.4, 0.5) is 0 Å². The quantitative estimate of drug-likeness (QED) is 0.430. The van der Waals surface area contributed by atoms with Crippen molar-refractivity contribution in [2.75, 3.05) is 13.1 Å². The summed E-state index contributed by atoms with van der Waals surface area (Å²) in [5.41, 5.74) is 6.50. The fourth-order valence-corrected chi connectivity index (χ4v) is 4.39. The van der Waals surface area contributed by atoms with Crippen LogP contribution < -0.4 is 5.46 Å². The third kappa shape index (κ3) is 3.19. The molecule has 3 aromatic heterocycles. The van der Waals surface area contributed by atoms with Crippen LogP contribution in [0, 0.1) is 0 Å². The van der Waals surface area contributed by atoms with Gasteiger partial charge in [-0.3, -0.25) is 4.90 Å². The van der Waals surface area contributed by atoms with E-state index in [9.17, 15) is 0 Å².